The molecule has 0 fully saturated rings. The van der Waals surface area contributed by atoms with E-state index in [9.17, 15) is 0 Å². The number of nitrogens with two attached hydrogens (primary N) is 2. The minimum Gasteiger partial charge on any atom is -0.383 e. The molecule has 1 unspecified atom stereocenters. The molecule has 0 spiro atoms. The molecule has 20 heavy (non-hydrogen) atoms. The van der Waals surface area contributed by atoms with Crippen molar-refractivity contribution in [2.45, 2.75) is 17.4 Å². The third-order valence-electron chi connectivity index (χ3n) is 2.88. The number of hydrazine groups is 1. The molecule has 2 rings (SSSR count). The summed E-state index contributed by atoms with van der Waals surface area (Å²) in [4.78, 5) is 5.30. The van der Waals surface area contributed by atoms with Crippen molar-refractivity contribution in [1.29, 1.82) is 0 Å². The van der Waals surface area contributed by atoms with Crippen LogP contribution >= 0.6 is 27.7 Å². The zero-order valence-corrected chi connectivity index (χ0v) is 13.3. The molecule has 4 nitrogen and oxygen atoms in total. The van der Waals surface area contributed by atoms with Crippen LogP contribution < -0.4 is 17.0 Å². The lowest BCUT2D eigenvalue weighted by atomic mass is 10.1. The van der Waals surface area contributed by atoms with Crippen molar-refractivity contribution < 1.29 is 0 Å². The van der Waals surface area contributed by atoms with E-state index in [0.717, 1.165) is 22.2 Å². The van der Waals surface area contributed by atoms with Gasteiger partial charge in [0.1, 0.15) is 5.82 Å². The predicted molar refractivity (Wildman–Crippen MR) is 88.3 cm³/mol. The number of nitrogens with one attached hydrogen (secondary N) is 1. The molecule has 0 saturated carbocycles. The van der Waals surface area contributed by atoms with Gasteiger partial charge in [0.25, 0.3) is 0 Å². The second-order valence-corrected chi connectivity index (χ2v) is 6.39. The number of hydrogen-bond acceptors (Lipinski definition) is 5. The van der Waals surface area contributed by atoms with Crippen LogP contribution in [0.4, 0.5) is 5.82 Å². The molecule has 0 saturated heterocycles. The maximum Gasteiger partial charge on any atom is 0.126 e. The van der Waals surface area contributed by atoms with E-state index in [0.29, 0.717) is 5.82 Å². The quantitative estimate of drug-likeness (QED) is 0.423. The highest BCUT2D eigenvalue weighted by atomic mass is 79.9. The standard InChI is InChI=1S/C14H17BrN4S/c15-11-4-1-5-13(8-11)20-9-12(19-17)7-10-3-2-6-18-14(10)16/h1-6,8,12,19H,7,9,17H2,(H2,16,18). The lowest BCUT2D eigenvalue weighted by Crippen LogP contribution is -2.38. The van der Waals surface area contributed by atoms with Crippen molar-refractivity contribution in [1.82, 2.24) is 10.4 Å². The normalized spacial score (nSPS) is 12.3. The van der Waals surface area contributed by atoms with Crippen LogP contribution in [0.5, 0.6) is 0 Å². The van der Waals surface area contributed by atoms with Gasteiger partial charge in [0.15, 0.2) is 0 Å². The number of rotatable bonds is 6. The summed E-state index contributed by atoms with van der Waals surface area (Å²) < 4.78 is 1.08. The smallest absolute Gasteiger partial charge is 0.126 e. The fourth-order valence-corrected chi connectivity index (χ4v) is 3.35. The average Bonchev–Trinajstić information content (AvgIpc) is 2.45. The lowest BCUT2D eigenvalue weighted by molar-refractivity contribution is 0.575. The Labute approximate surface area is 131 Å². The summed E-state index contributed by atoms with van der Waals surface area (Å²) in [6.45, 7) is 0. The number of thioether (sulfide) groups is 1. The van der Waals surface area contributed by atoms with E-state index in [-0.39, 0.29) is 6.04 Å². The Bertz CT molecular complexity index is 564. The highest BCUT2D eigenvalue weighted by molar-refractivity contribution is 9.10. The van der Waals surface area contributed by atoms with Crippen LogP contribution in [0.1, 0.15) is 5.56 Å². The van der Waals surface area contributed by atoms with E-state index in [1.807, 2.05) is 24.3 Å². The Hall–Kier alpha value is -1.08. The summed E-state index contributed by atoms with van der Waals surface area (Å²) in [6.07, 6.45) is 2.46. The fourth-order valence-electron chi connectivity index (χ4n) is 1.81. The first-order valence-electron chi connectivity index (χ1n) is 6.23. The summed E-state index contributed by atoms with van der Waals surface area (Å²) in [5.41, 5.74) is 9.72. The molecule has 0 aliphatic heterocycles. The number of aromatic nitrogens is 1. The zero-order valence-electron chi connectivity index (χ0n) is 10.9. The number of anilines is 1. The van der Waals surface area contributed by atoms with E-state index in [2.05, 4.69) is 38.5 Å². The molecule has 106 valence electrons. The fraction of sp³-hybridized carbons (Fsp3) is 0.214. The van der Waals surface area contributed by atoms with E-state index in [1.54, 1.807) is 18.0 Å². The molecular weight excluding hydrogens is 336 g/mol. The van der Waals surface area contributed by atoms with Crippen LogP contribution in [0.15, 0.2) is 52.0 Å². The molecule has 1 aromatic heterocycles. The summed E-state index contributed by atoms with van der Waals surface area (Å²) in [5, 5.41) is 0. The first-order valence-corrected chi connectivity index (χ1v) is 8.00. The predicted octanol–water partition coefficient (Wildman–Crippen LogP) is 2.59. The maximum absolute atomic E-state index is 5.86. The second-order valence-electron chi connectivity index (χ2n) is 4.38. The Balaban J connectivity index is 1.94. The molecule has 2 aromatic rings. The topological polar surface area (TPSA) is 77.0 Å². The van der Waals surface area contributed by atoms with Gasteiger partial charge in [0.2, 0.25) is 0 Å². The van der Waals surface area contributed by atoms with Crippen molar-refractivity contribution in [3.05, 3.63) is 52.6 Å². The first kappa shape index (κ1) is 15.3. The number of pyridine rings is 1. The van der Waals surface area contributed by atoms with E-state index in [1.165, 1.54) is 4.90 Å². The Kier molecular flexibility index (Phi) is 5.85. The molecule has 0 aliphatic rings. The second kappa shape index (κ2) is 7.64. The van der Waals surface area contributed by atoms with Gasteiger partial charge >= 0.3 is 0 Å². The van der Waals surface area contributed by atoms with Gasteiger partial charge in [0, 0.05) is 27.4 Å². The third kappa shape index (κ3) is 4.49. The average molecular weight is 353 g/mol. The minimum atomic E-state index is 0.144. The van der Waals surface area contributed by atoms with Crippen LogP contribution in [0, 0.1) is 0 Å². The molecule has 1 heterocycles. The SMILES string of the molecule is NNC(CSc1cccc(Br)c1)Cc1cccnc1N. The maximum atomic E-state index is 5.86. The van der Waals surface area contributed by atoms with Gasteiger partial charge in [-0.1, -0.05) is 28.1 Å². The van der Waals surface area contributed by atoms with Crippen molar-refractivity contribution >= 4 is 33.5 Å². The van der Waals surface area contributed by atoms with Crippen LogP contribution in [-0.2, 0) is 6.42 Å². The number of hydrogen-bond donors (Lipinski definition) is 3. The van der Waals surface area contributed by atoms with E-state index in [4.69, 9.17) is 11.6 Å². The van der Waals surface area contributed by atoms with Gasteiger partial charge in [-0.3, -0.25) is 11.3 Å². The monoisotopic (exact) mass is 352 g/mol. The number of halogens is 1. The number of nitrogen functional groups attached to an aromatic ring is 1. The minimum absolute atomic E-state index is 0.144. The van der Waals surface area contributed by atoms with Gasteiger partial charge < -0.3 is 5.73 Å². The van der Waals surface area contributed by atoms with Gasteiger partial charge in [-0.25, -0.2) is 4.98 Å². The Morgan fingerprint density at radius 2 is 2.15 bits per heavy atom. The summed E-state index contributed by atoms with van der Waals surface area (Å²) in [5.74, 6) is 7.06. The largest absolute Gasteiger partial charge is 0.383 e. The van der Waals surface area contributed by atoms with Gasteiger partial charge in [-0.2, -0.15) is 0 Å². The molecule has 0 amide bonds. The Morgan fingerprint density at radius 3 is 2.85 bits per heavy atom. The van der Waals surface area contributed by atoms with E-state index >= 15 is 0 Å². The Morgan fingerprint density at radius 1 is 1.30 bits per heavy atom. The molecule has 6 heteroatoms. The summed E-state index contributed by atoms with van der Waals surface area (Å²) >= 11 is 5.23. The molecule has 1 atom stereocenters. The molecule has 0 bridgehead atoms. The van der Waals surface area contributed by atoms with Crippen LogP contribution in [-0.4, -0.2) is 16.8 Å². The number of benzene rings is 1. The van der Waals surface area contributed by atoms with E-state index < -0.39 is 0 Å². The van der Waals surface area contributed by atoms with Crippen molar-refractivity contribution in [3.63, 3.8) is 0 Å². The lowest BCUT2D eigenvalue weighted by Gasteiger charge is -2.16. The molecular formula is C14H17BrN4S. The molecule has 5 N–H and O–H groups in total. The molecule has 0 aliphatic carbocycles. The van der Waals surface area contributed by atoms with Crippen LogP contribution in [0.3, 0.4) is 0 Å². The van der Waals surface area contributed by atoms with Gasteiger partial charge in [-0.05, 0) is 36.2 Å². The van der Waals surface area contributed by atoms with Crippen molar-refractivity contribution in [3.8, 4) is 0 Å². The van der Waals surface area contributed by atoms with Crippen LogP contribution in [0.2, 0.25) is 0 Å². The third-order valence-corrected chi connectivity index (χ3v) is 4.52. The first-order chi connectivity index (χ1) is 9.69. The van der Waals surface area contributed by atoms with Gasteiger partial charge in [-0.15, -0.1) is 11.8 Å². The van der Waals surface area contributed by atoms with Crippen LogP contribution in [0.25, 0.3) is 0 Å². The molecule has 0 radical (unpaired) electrons. The highest BCUT2D eigenvalue weighted by Crippen LogP contribution is 2.23. The summed E-state index contributed by atoms with van der Waals surface area (Å²) in [7, 11) is 0. The molecule has 1 aromatic carbocycles. The van der Waals surface area contributed by atoms with Crippen molar-refractivity contribution in [2.75, 3.05) is 11.5 Å². The van der Waals surface area contributed by atoms with Crippen molar-refractivity contribution in [2.24, 2.45) is 5.84 Å². The number of nitrogens with zero attached hydrogens (tertiary/aromatic N) is 1. The van der Waals surface area contributed by atoms with Gasteiger partial charge in [0.05, 0.1) is 0 Å². The highest BCUT2D eigenvalue weighted by Gasteiger charge is 2.11. The summed E-state index contributed by atoms with van der Waals surface area (Å²) in [6, 6.07) is 12.2. The zero-order chi connectivity index (χ0) is 14.4.